The van der Waals surface area contributed by atoms with Crippen molar-refractivity contribution in [3.63, 3.8) is 0 Å². The summed E-state index contributed by atoms with van der Waals surface area (Å²) < 4.78 is 41.1. The molecule has 2 aromatic rings. The Morgan fingerprint density at radius 3 is 2.48 bits per heavy atom. The molecule has 21 heavy (non-hydrogen) atoms. The Balaban J connectivity index is 0.00000220. The van der Waals surface area contributed by atoms with Crippen molar-refractivity contribution in [2.75, 3.05) is 7.05 Å². The fourth-order valence-electron chi connectivity index (χ4n) is 1.60. The van der Waals surface area contributed by atoms with Crippen LogP contribution in [0.4, 0.5) is 13.2 Å². The predicted octanol–water partition coefficient (Wildman–Crippen LogP) is 2.67. The Hall–Kier alpha value is -1.25. The van der Waals surface area contributed by atoms with Crippen molar-refractivity contribution in [2.45, 2.75) is 17.5 Å². The molecule has 0 aliphatic rings. The van der Waals surface area contributed by atoms with Crippen molar-refractivity contribution in [2.24, 2.45) is 7.05 Å². The lowest BCUT2D eigenvalue weighted by Gasteiger charge is -2.05. The van der Waals surface area contributed by atoms with Gasteiger partial charge in [-0.25, -0.2) is 13.2 Å². The molecule has 116 valence electrons. The molecule has 4 nitrogen and oxygen atoms in total. The van der Waals surface area contributed by atoms with Gasteiger partial charge in [0.2, 0.25) is 0 Å². The lowest BCUT2D eigenvalue weighted by Crippen LogP contribution is -2.10. The zero-order valence-electron chi connectivity index (χ0n) is 11.4. The van der Waals surface area contributed by atoms with Crippen LogP contribution < -0.4 is 5.32 Å². The van der Waals surface area contributed by atoms with Crippen molar-refractivity contribution in [1.29, 1.82) is 0 Å². The average Bonchev–Trinajstić information content (AvgIpc) is 2.74. The first-order valence-corrected chi connectivity index (χ1v) is 6.80. The van der Waals surface area contributed by atoms with Gasteiger partial charge in [0.15, 0.2) is 16.8 Å². The Kier molecular flexibility index (Phi) is 6.50. The number of benzene rings is 1. The van der Waals surface area contributed by atoms with Gasteiger partial charge in [-0.1, -0.05) is 11.8 Å². The number of aromatic nitrogens is 3. The summed E-state index contributed by atoms with van der Waals surface area (Å²) in [5.74, 6) is -2.13. The molecule has 0 atom stereocenters. The third kappa shape index (κ3) is 4.12. The smallest absolute Gasteiger partial charge is 0.191 e. The molecule has 0 fully saturated rings. The molecule has 0 unspecified atom stereocenters. The Labute approximate surface area is 130 Å². The summed E-state index contributed by atoms with van der Waals surface area (Å²) in [6, 6.07) is 1.41. The lowest BCUT2D eigenvalue weighted by atomic mass is 10.2. The minimum absolute atomic E-state index is 0. The molecule has 1 heterocycles. The average molecular weight is 339 g/mol. The van der Waals surface area contributed by atoms with E-state index in [0.29, 0.717) is 17.8 Å². The van der Waals surface area contributed by atoms with Crippen molar-refractivity contribution in [3.8, 4) is 0 Å². The van der Waals surface area contributed by atoms with Gasteiger partial charge in [-0.2, -0.15) is 0 Å². The summed E-state index contributed by atoms with van der Waals surface area (Å²) in [5, 5.41) is 11.5. The Morgan fingerprint density at radius 1 is 1.14 bits per heavy atom. The van der Waals surface area contributed by atoms with E-state index in [1.165, 1.54) is 11.8 Å². The molecule has 0 radical (unpaired) electrons. The fraction of sp³-hybridized carbons (Fsp3) is 0.333. The van der Waals surface area contributed by atoms with Crippen LogP contribution in [-0.4, -0.2) is 21.8 Å². The molecular weight excluding hydrogens is 325 g/mol. The van der Waals surface area contributed by atoms with Crippen LogP contribution in [0.2, 0.25) is 0 Å². The summed E-state index contributed by atoms with van der Waals surface area (Å²) in [4.78, 5) is 0. The van der Waals surface area contributed by atoms with E-state index in [-0.39, 0.29) is 23.7 Å². The second-order valence-corrected chi connectivity index (χ2v) is 5.08. The van der Waals surface area contributed by atoms with Crippen LogP contribution in [0.3, 0.4) is 0 Å². The number of hydrogen-bond acceptors (Lipinski definition) is 4. The lowest BCUT2D eigenvalue weighted by molar-refractivity contribution is 0.492. The van der Waals surface area contributed by atoms with Crippen LogP contribution in [0.15, 0.2) is 17.3 Å². The maximum absolute atomic E-state index is 13.5. The highest BCUT2D eigenvalue weighted by Gasteiger charge is 2.13. The van der Waals surface area contributed by atoms with Crippen LogP contribution in [0.25, 0.3) is 0 Å². The fourth-order valence-corrected chi connectivity index (χ4v) is 2.50. The predicted molar refractivity (Wildman–Crippen MR) is 76.9 cm³/mol. The summed E-state index contributed by atoms with van der Waals surface area (Å²) in [6.07, 6.45) is 0. The molecule has 9 heteroatoms. The molecule has 0 saturated carbocycles. The van der Waals surface area contributed by atoms with E-state index in [9.17, 15) is 13.2 Å². The maximum atomic E-state index is 13.5. The van der Waals surface area contributed by atoms with Gasteiger partial charge in [0.05, 0.1) is 6.54 Å². The number of halogens is 4. The highest BCUT2D eigenvalue weighted by molar-refractivity contribution is 7.98. The van der Waals surface area contributed by atoms with E-state index in [0.717, 1.165) is 11.9 Å². The van der Waals surface area contributed by atoms with Crippen LogP contribution in [0.5, 0.6) is 0 Å². The SMILES string of the molecule is CNCc1nnc(SCc2cc(F)c(F)cc2F)n1C.Cl. The topological polar surface area (TPSA) is 42.7 Å². The van der Waals surface area contributed by atoms with Crippen LogP contribution >= 0.6 is 24.2 Å². The van der Waals surface area contributed by atoms with Gasteiger partial charge in [0.25, 0.3) is 0 Å². The quantitative estimate of drug-likeness (QED) is 0.672. The standard InChI is InChI=1S/C12H13F3N4S.ClH/c1-16-5-11-17-18-12(19(11)2)20-6-7-3-9(14)10(15)4-8(7)13;/h3-4,16H,5-6H2,1-2H3;1H. The van der Waals surface area contributed by atoms with Gasteiger partial charge >= 0.3 is 0 Å². The first kappa shape index (κ1) is 17.8. The zero-order valence-corrected chi connectivity index (χ0v) is 13.0. The van der Waals surface area contributed by atoms with Gasteiger partial charge in [-0.15, -0.1) is 22.6 Å². The van der Waals surface area contributed by atoms with Crippen LogP contribution in [-0.2, 0) is 19.3 Å². The zero-order chi connectivity index (χ0) is 14.7. The summed E-state index contributed by atoms with van der Waals surface area (Å²) in [5.41, 5.74) is 0.0899. The second-order valence-electron chi connectivity index (χ2n) is 4.13. The molecule has 0 amide bonds. The molecule has 1 aromatic heterocycles. The first-order chi connectivity index (χ1) is 9.52. The molecule has 0 aliphatic carbocycles. The van der Waals surface area contributed by atoms with Crippen molar-refractivity contribution in [1.82, 2.24) is 20.1 Å². The van der Waals surface area contributed by atoms with E-state index in [1.807, 2.05) is 0 Å². The van der Waals surface area contributed by atoms with Crippen LogP contribution in [0.1, 0.15) is 11.4 Å². The Morgan fingerprint density at radius 2 is 1.81 bits per heavy atom. The molecule has 0 spiro atoms. The highest BCUT2D eigenvalue weighted by atomic mass is 35.5. The van der Waals surface area contributed by atoms with E-state index in [2.05, 4.69) is 15.5 Å². The summed E-state index contributed by atoms with van der Waals surface area (Å²) in [6.45, 7) is 0.559. The number of nitrogens with one attached hydrogen (secondary N) is 1. The molecule has 2 rings (SSSR count). The number of thioether (sulfide) groups is 1. The highest BCUT2D eigenvalue weighted by Crippen LogP contribution is 2.24. The third-order valence-electron chi connectivity index (χ3n) is 2.71. The monoisotopic (exact) mass is 338 g/mol. The maximum Gasteiger partial charge on any atom is 0.191 e. The van der Waals surface area contributed by atoms with E-state index < -0.39 is 17.5 Å². The first-order valence-electron chi connectivity index (χ1n) is 5.82. The molecule has 0 bridgehead atoms. The Bertz CT molecular complexity index is 621. The number of hydrogen-bond donors (Lipinski definition) is 1. The summed E-state index contributed by atoms with van der Waals surface area (Å²) in [7, 11) is 3.58. The molecule has 1 N–H and O–H groups in total. The van der Waals surface area contributed by atoms with E-state index >= 15 is 0 Å². The normalized spacial score (nSPS) is 10.5. The van der Waals surface area contributed by atoms with Gasteiger partial charge in [-0.05, 0) is 13.1 Å². The van der Waals surface area contributed by atoms with Crippen molar-refractivity contribution < 1.29 is 13.2 Å². The summed E-state index contributed by atoms with van der Waals surface area (Å²) >= 11 is 1.21. The largest absolute Gasteiger partial charge is 0.313 e. The minimum Gasteiger partial charge on any atom is -0.313 e. The molecule has 0 saturated heterocycles. The molecule has 1 aromatic carbocycles. The number of rotatable bonds is 5. The number of nitrogens with zero attached hydrogens (tertiary/aromatic N) is 3. The van der Waals surface area contributed by atoms with Gasteiger partial charge in [0, 0.05) is 24.4 Å². The van der Waals surface area contributed by atoms with Crippen molar-refractivity contribution in [3.05, 3.63) is 41.0 Å². The van der Waals surface area contributed by atoms with E-state index in [1.54, 1.807) is 18.7 Å². The van der Waals surface area contributed by atoms with Gasteiger partial charge < -0.3 is 9.88 Å². The van der Waals surface area contributed by atoms with Crippen molar-refractivity contribution >= 4 is 24.2 Å². The van der Waals surface area contributed by atoms with Crippen LogP contribution in [0, 0.1) is 17.5 Å². The molecule has 0 aliphatic heterocycles. The third-order valence-corrected chi connectivity index (χ3v) is 3.78. The minimum atomic E-state index is -1.19. The second kappa shape index (κ2) is 7.67. The molecular formula is C12H14ClF3N4S. The van der Waals surface area contributed by atoms with Gasteiger partial charge in [0.1, 0.15) is 11.6 Å². The van der Waals surface area contributed by atoms with Gasteiger partial charge in [-0.3, -0.25) is 0 Å². The van der Waals surface area contributed by atoms with E-state index in [4.69, 9.17) is 0 Å².